The number of hydrogen-bond acceptors (Lipinski definition) is 3. The fourth-order valence-corrected chi connectivity index (χ4v) is 3.17. The van der Waals surface area contributed by atoms with Gasteiger partial charge in [0, 0.05) is 50.0 Å². The zero-order valence-corrected chi connectivity index (χ0v) is 15.1. The number of nitrogens with one attached hydrogen (secondary N) is 2. The van der Waals surface area contributed by atoms with Crippen molar-refractivity contribution in [2.45, 2.75) is 31.8 Å². The number of aryl methyl sites for hydroxylation is 1. The number of piperidine rings is 1. The van der Waals surface area contributed by atoms with Gasteiger partial charge in [0.25, 0.3) is 5.56 Å². The number of pyridine rings is 1. The highest BCUT2D eigenvalue weighted by Gasteiger charge is 2.23. The minimum absolute atomic E-state index is 0.0398. The SMILES string of the molecule is O=C(Nc1ccccc1)NC1CCN(C(=O)CCn2ccccc2=O)CC1. The molecular weight excluding hydrogens is 344 g/mol. The number of hydrogen-bond donors (Lipinski definition) is 2. The lowest BCUT2D eigenvalue weighted by Crippen LogP contribution is -2.47. The number of rotatable bonds is 5. The van der Waals surface area contributed by atoms with Crippen LogP contribution in [0.3, 0.4) is 0 Å². The molecule has 2 heterocycles. The van der Waals surface area contributed by atoms with E-state index in [0.29, 0.717) is 26.1 Å². The molecule has 0 bridgehead atoms. The first-order chi connectivity index (χ1) is 13.1. The Kier molecular flexibility index (Phi) is 6.25. The monoisotopic (exact) mass is 368 g/mol. The van der Waals surface area contributed by atoms with Crippen LogP contribution in [0.1, 0.15) is 19.3 Å². The molecule has 0 spiro atoms. The third-order valence-electron chi connectivity index (χ3n) is 4.68. The van der Waals surface area contributed by atoms with E-state index in [1.165, 1.54) is 6.07 Å². The van der Waals surface area contributed by atoms with Crippen LogP contribution in [0.5, 0.6) is 0 Å². The third kappa shape index (κ3) is 5.44. The maximum atomic E-state index is 12.4. The van der Waals surface area contributed by atoms with Gasteiger partial charge < -0.3 is 20.1 Å². The molecule has 2 aromatic rings. The van der Waals surface area contributed by atoms with E-state index in [2.05, 4.69) is 10.6 Å². The molecule has 0 aliphatic carbocycles. The topological polar surface area (TPSA) is 83.4 Å². The van der Waals surface area contributed by atoms with Crippen LogP contribution in [0.15, 0.2) is 59.5 Å². The zero-order chi connectivity index (χ0) is 19.1. The van der Waals surface area contributed by atoms with Crippen molar-refractivity contribution in [2.75, 3.05) is 18.4 Å². The smallest absolute Gasteiger partial charge is 0.319 e. The number of carbonyl (C=O) groups is 2. The number of amides is 3. The van der Waals surface area contributed by atoms with Crippen molar-refractivity contribution in [3.05, 3.63) is 65.1 Å². The Hall–Kier alpha value is -3.09. The van der Waals surface area contributed by atoms with Crippen LogP contribution < -0.4 is 16.2 Å². The number of benzene rings is 1. The van der Waals surface area contributed by atoms with Crippen molar-refractivity contribution in [1.82, 2.24) is 14.8 Å². The predicted molar refractivity (Wildman–Crippen MR) is 104 cm³/mol. The maximum absolute atomic E-state index is 12.4. The van der Waals surface area contributed by atoms with Gasteiger partial charge in [-0.3, -0.25) is 9.59 Å². The van der Waals surface area contributed by atoms with E-state index in [4.69, 9.17) is 0 Å². The highest BCUT2D eigenvalue weighted by atomic mass is 16.2. The summed E-state index contributed by atoms with van der Waals surface area (Å²) >= 11 is 0. The average Bonchev–Trinajstić information content (AvgIpc) is 2.68. The van der Waals surface area contributed by atoms with E-state index >= 15 is 0 Å². The predicted octanol–water partition coefficient (Wildman–Crippen LogP) is 2.05. The first-order valence-electron chi connectivity index (χ1n) is 9.17. The molecule has 3 amide bonds. The Morgan fingerprint density at radius 2 is 1.70 bits per heavy atom. The molecule has 0 unspecified atom stereocenters. The van der Waals surface area contributed by atoms with Crippen molar-refractivity contribution < 1.29 is 9.59 Å². The van der Waals surface area contributed by atoms with Crippen LogP contribution in [-0.2, 0) is 11.3 Å². The van der Waals surface area contributed by atoms with Crippen LogP contribution >= 0.6 is 0 Å². The summed E-state index contributed by atoms with van der Waals surface area (Å²) in [6.07, 6.45) is 3.44. The second-order valence-corrected chi connectivity index (χ2v) is 6.60. The lowest BCUT2D eigenvalue weighted by molar-refractivity contribution is -0.132. The maximum Gasteiger partial charge on any atom is 0.319 e. The Morgan fingerprint density at radius 3 is 2.41 bits per heavy atom. The van der Waals surface area contributed by atoms with Crippen molar-refractivity contribution in [3.8, 4) is 0 Å². The molecule has 7 heteroatoms. The van der Waals surface area contributed by atoms with Crippen molar-refractivity contribution in [2.24, 2.45) is 0 Å². The summed E-state index contributed by atoms with van der Waals surface area (Å²) in [5.41, 5.74) is 0.649. The van der Waals surface area contributed by atoms with Gasteiger partial charge in [-0.25, -0.2) is 4.79 Å². The van der Waals surface area contributed by atoms with Gasteiger partial charge in [-0.2, -0.15) is 0 Å². The summed E-state index contributed by atoms with van der Waals surface area (Å²) in [6.45, 7) is 1.60. The van der Waals surface area contributed by atoms with Crippen LogP contribution in [-0.4, -0.2) is 40.5 Å². The Balaban J connectivity index is 1.40. The second-order valence-electron chi connectivity index (χ2n) is 6.60. The molecule has 2 N–H and O–H groups in total. The van der Waals surface area contributed by atoms with Crippen LogP contribution in [0, 0.1) is 0 Å². The summed E-state index contributed by atoms with van der Waals surface area (Å²) in [4.78, 5) is 37.9. The van der Waals surface area contributed by atoms with Crippen LogP contribution in [0.4, 0.5) is 10.5 Å². The average molecular weight is 368 g/mol. The molecule has 7 nitrogen and oxygen atoms in total. The van der Waals surface area contributed by atoms with Gasteiger partial charge in [-0.05, 0) is 31.0 Å². The molecule has 1 aromatic heterocycles. The molecule has 1 aromatic carbocycles. The lowest BCUT2D eigenvalue weighted by Gasteiger charge is -2.32. The van der Waals surface area contributed by atoms with Gasteiger partial charge in [-0.1, -0.05) is 24.3 Å². The number of nitrogens with zero attached hydrogens (tertiary/aromatic N) is 2. The van der Waals surface area contributed by atoms with E-state index in [0.717, 1.165) is 18.5 Å². The quantitative estimate of drug-likeness (QED) is 0.847. The number of carbonyl (C=O) groups excluding carboxylic acids is 2. The standard InChI is InChI=1S/C20H24N4O3/c25-18-8-4-5-12-23(18)15-11-19(26)24-13-9-17(10-14-24)22-20(27)21-16-6-2-1-3-7-16/h1-8,12,17H,9-11,13-15H2,(H2,21,22,27). The zero-order valence-electron chi connectivity index (χ0n) is 15.1. The molecule has 1 aliphatic rings. The summed E-state index contributed by atoms with van der Waals surface area (Å²) < 4.78 is 1.54. The van der Waals surface area contributed by atoms with Crippen molar-refractivity contribution in [1.29, 1.82) is 0 Å². The van der Waals surface area contributed by atoms with E-state index in [9.17, 15) is 14.4 Å². The first kappa shape index (κ1) is 18.7. The largest absolute Gasteiger partial charge is 0.342 e. The van der Waals surface area contributed by atoms with E-state index in [-0.39, 0.29) is 23.5 Å². The van der Waals surface area contributed by atoms with Crippen molar-refractivity contribution >= 4 is 17.6 Å². The summed E-state index contributed by atoms with van der Waals surface area (Å²) in [6, 6.07) is 14.1. The van der Waals surface area contributed by atoms with Crippen LogP contribution in [0.2, 0.25) is 0 Å². The Labute approximate surface area is 158 Å². The Morgan fingerprint density at radius 1 is 1.00 bits per heavy atom. The lowest BCUT2D eigenvalue weighted by atomic mass is 10.0. The van der Waals surface area contributed by atoms with Gasteiger partial charge in [0.1, 0.15) is 0 Å². The molecule has 3 rings (SSSR count). The number of anilines is 1. The molecule has 1 aliphatic heterocycles. The van der Waals surface area contributed by atoms with Gasteiger partial charge in [0.2, 0.25) is 5.91 Å². The minimum atomic E-state index is -0.227. The van der Waals surface area contributed by atoms with Crippen LogP contribution in [0.25, 0.3) is 0 Å². The summed E-state index contributed by atoms with van der Waals surface area (Å²) in [5, 5.41) is 5.76. The molecule has 1 fully saturated rings. The third-order valence-corrected chi connectivity index (χ3v) is 4.68. The fraction of sp³-hybridized carbons (Fsp3) is 0.350. The van der Waals surface area contributed by atoms with E-state index in [1.807, 2.05) is 30.3 Å². The number of aromatic nitrogens is 1. The van der Waals surface area contributed by atoms with Gasteiger partial charge in [0.05, 0.1) is 0 Å². The van der Waals surface area contributed by atoms with Gasteiger partial charge in [-0.15, -0.1) is 0 Å². The molecule has 0 atom stereocenters. The van der Waals surface area contributed by atoms with E-state index in [1.54, 1.807) is 27.8 Å². The Bertz CT molecular complexity index is 826. The highest BCUT2D eigenvalue weighted by Crippen LogP contribution is 2.12. The molecule has 0 radical (unpaired) electrons. The minimum Gasteiger partial charge on any atom is -0.342 e. The van der Waals surface area contributed by atoms with Crippen molar-refractivity contribution in [3.63, 3.8) is 0 Å². The highest BCUT2D eigenvalue weighted by molar-refractivity contribution is 5.89. The number of urea groups is 1. The van der Waals surface area contributed by atoms with Gasteiger partial charge >= 0.3 is 6.03 Å². The molecular formula is C20H24N4O3. The molecule has 27 heavy (non-hydrogen) atoms. The number of likely N-dealkylation sites (tertiary alicyclic amines) is 1. The normalized spacial score (nSPS) is 14.6. The van der Waals surface area contributed by atoms with E-state index < -0.39 is 0 Å². The molecule has 0 saturated carbocycles. The summed E-state index contributed by atoms with van der Waals surface area (Å²) in [7, 11) is 0. The second kappa shape index (κ2) is 9.02. The first-order valence-corrected chi connectivity index (χ1v) is 9.17. The number of para-hydroxylation sites is 1. The molecule has 1 saturated heterocycles. The molecule has 142 valence electrons. The fourth-order valence-electron chi connectivity index (χ4n) is 3.17. The van der Waals surface area contributed by atoms with Gasteiger partial charge in [0.15, 0.2) is 0 Å². The summed E-state index contributed by atoms with van der Waals surface area (Å²) in [5.74, 6) is 0.0398.